The second kappa shape index (κ2) is 7.58. The number of carbonyl (C=O) groups is 2. The molecule has 7 nitrogen and oxygen atoms in total. The minimum absolute atomic E-state index is 0.109. The van der Waals surface area contributed by atoms with Crippen LogP contribution in [-0.4, -0.2) is 53.9 Å². The number of rotatable bonds is 4. The van der Waals surface area contributed by atoms with E-state index in [0.29, 0.717) is 17.2 Å². The van der Waals surface area contributed by atoms with Gasteiger partial charge in [-0.3, -0.25) is 9.48 Å². The van der Waals surface area contributed by atoms with Gasteiger partial charge in [-0.1, -0.05) is 6.92 Å². The van der Waals surface area contributed by atoms with Crippen LogP contribution in [0.15, 0.2) is 18.3 Å². The van der Waals surface area contributed by atoms with Crippen LogP contribution in [-0.2, 0) is 9.53 Å². The van der Waals surface area contributed by atoms with Crippen LogP contribution in [0.1, 0.15) is 49.5 Å². The zero-order chi connectivity index (χ0) is 19.7. The summed E-state index contributed by atoms with van der Waals surface area (Å²) < 4.78 is 12.2. The summed E-state index contributed by atoms with van der Waals surface area (Å²) in [6.45, 7) is 3.82. The Kier molecular flexibility index (Phi) is 5.39. The van der Waals surface area contributed by atoms with E-state index in [4.69, 9.17) is 14.6 Å². The molecule has 0 N–H and O–H groups in total. The van der Waals surface area contributed by atoms with Gasteiger partial charge in [-0.15, -0.1) is 0 Å². The van der Waals surface area contributed by atoms with Crippen molar-refractivity contribution in [3.8, 4) is 5.75 Å². The first-order valence-corrected chi connectivity index (χ1v) is 9.24. The number of benzene rings is 1. The molecule has 1 aromatic heterocycles. The van der Waals surface area contributed by atoms with Gasteiger partial charge in [0, 0.05) is 37.7 Å². The monoisotopic (exact) mass is 373 g/mol. The van der Waals surface area contributed by atoms with E-state index in [1.807, 2.05) is 22.8 Å². The maximum absolute atomic E-state index is 12.0. The highest BCUT2D eigenvalue weighted by molar-refractivity contribution is 5.97. The molecule has 0 saturated heterocycles. The van der Waals surface area contributed by atoms with Crippen LogP contribution in [0, 0.1) is 5.92 Å². The van der Waals surface area contributed by atoms with Crippen LogP contribution in [0.3, 0.4) is 0 Å². The van der Waals surface area contributed by atoms with E-state index in [2.05, 4.69) is 6.92 Å². The van der Waals surface area contributed by atoms with Gasteiger partial charge >= 0.3 is 5.97 Å². The molecule has 1 fully saturated rings. The zero-order valence-corrected chi connectivity index (χ0v) is 16.6. The molecule has 3 rings (SSSR count). The minimum Gasteiger partial charge on any atom is -0.496 e. The van der Waals surface area contributed by atoms with Gasteiger partial charge in [0.15, 0.2) is 0 Å². The van der Waals surface area contributed by atoms with Crippen molar-refractivity contribution < 1.29 is 19.1 Å². The molecule has 0 bridgehead atoms. The lowest BCUT2D eigenvalue weighted by molar-refractivity contribution is -0.130. The molecule has 1 aromatic carbocycles. The number of nitrogens with zero attached hydrogens (tertiary/aromatic N) is 3. The minimum atomic E-state index is -0.428. The number of ether oxygens (including phenoxy) is 2. The number of aromatic nitrogens is 2. The molecule has 7 heteroatoms. The highest BCUT2D eigenvalue weighted by atomic mass is 16.5. The molecule has 0 spiro atoms. The van der Waals surface area contributed by atoms with E-state index >= 15 is 0 Å². The number of fused-ring (bicyclic) bond motifs is 1. The fourth-order valence-corrected chi connectivity index (χ4v) is 4.03. The van der Waals surface area contributed by atoms with E-state index in [1.54, 1.807) is 19.1 Å². The molecule has 0 aliphatic heterocycles. The van der Waals surface area contributed by atoms with Crippen LogP contribution in [0.4, 0.5) is 0 Å². The molecule has 3 atom stereocenters. The molecule has 0 radical (unpaired) electrons. The predicted octanol–water partition coefficient (Wildman–Crippen LogP) is 3.04. The Hall–Kier alpha value is -2.57. The molecular formula is C20H27N3O4. The third-order valence-corrected chi connectivity index (χ3v) is 5.73. The normalized spacial score (nSPS) is 22.5. The van der Waals surface area contributed by atoms with Crippen LogP contribution in [0.2, 0.25) is 0 Å². The molecule has 1 saturated carbocycles. The Labute approximate surface area is 159 Å². The standard InChI is InChI=1S/C20H27N3O4/c1-12-8-15(22(3)13(2)24)6-7-18(12)23-11-14-9-16(20(25)27-5)19(26-4)10-17(14)21-23/h9-12,15,18H,6-8H2,1-5H3/t12-,15-,18+/m1/s1. The molecule has 1 aliphatic rings. The topological polar surface area (TPSA) is 73.7 Å². The molecule has 2 aromatic rings. The molecule has 27 heavy (non-hydrogen) atoms. The quantitative estimate of drug-likeness (QED) is 0.770. The predicted molar refractivity (Wildman–Crippen MR) is 102 cm³/mol. The Morgan fingerprint density at radius 2 is 2.00 bits per heavy atom. The first-order chi connectivity index (χ1) is 12.8. The van der Waals surface area contributed by atoms with E-state index in [-0.39, 0.29) is 18.0 Å². The van der Waals surface area contributed by atoms with Crippen molar-refractivity contribution in [2.45, 2.75) is 45.2 Å². The Morgan fingerprint density at radius 1 is 1.26 bits per heavy atom. The number of methoxy groups -OCH3 is 2. The SMILES string of the molecule is COC(=O)c1cc2cn([C@H]3CC[C@@H](N(C)C(C)=O)C[C@H]3C)nc2cc1OC. The molecule has 1 aliphatic carbocycles. The van der Waals surface area contributed by atoms with Crippen molar-refractivity contribution in [1.82, 2.24) is 14.7 Å². The molecule has 1 amide bonds. The second-order valence-electron chi connectivity index (χ2n) is 7.35. The Bertz CT molecular complexity index is 860. The molecule has 146 valence electrons. The lowest BCUT2D eigenvalue weighted by Crippen LogP contribution is -2.41. The first-order valence-electron chi connectivity index (χ1n) is 9.24. The van der Waals surface area contributed by atoms with Gasteiger partial charge in [-0.25, -0.2) is 4.79 Å². The van der Waals surface area contributed by atoms with Gasteiger partial charge in [0.2, 0.25) is 5.91 Å². The maximum Gasteiger partial charge on any atom is 0.341 e. The number of esters is 1. The number of carbonyl (C=O) groups excluding carboxylic acids is 2. The van der Waals surface area contributed by atoms with Gasteiger partial charge in [0.25, 0.3) is 0 Å². The first kappa shape index (κ1) is 19.2. The summed E-state index contributed by atoms with van der Waals surface area (Å²) in [6.07, 6.45) is 4.85. The van der Waals surface area contributed by atoms with E-state index in [9.17, 15) is 9.59 Å². The zero-order valence-electron chi connectivity index (χ0n) is 16.6. The Balaban J connectivity index is 1.87. The smallest absolute Gasteiger partial charge is 0.341 e. The number of hydrogen-bond donors (Lipinski definition) is 0. The summed E-state index contributed by atoms with van der Waals surface area (Å²) in [4.78, 5) is 25.5. The van der Waals surface area contributed by atoms with Crippen LogP contribution < -0.4 is 4.74 Å². The average Bonchev–Trinajstić information content (AvgIpc) is 3.07. The highest BCUT2D eigenvalue weighted by Gasteiger charge is 2.32. The Morgan fingerprint density at radius 3 is 2.59 bits per heavy atom. The molecule has 0 unspecified atom stereocenters. The van der Waals surface area contributed by atoms with Crippen molar-refractivity contribution in [3.63, 3.8) is 0 Å². The van der Waals surface area contributed by atoms with Gasteiger partial charge in [0.1, 0.15) is 11.3 Å². The lowest BCUT2D eigenvalue weighted by atomic mass is 9.82. The number of amides is 1. The van der Waals surface area contributed by atoms with Gasteiger partial charge in [-0.2, -0.15) is 5.10 Å². The second-order valence-corrected chi connectivity index (χ2v) is 7.35. The van der Waals surface area contributed by atoms with Crippen LogP contribution in [0.5, 0.6) is 5.75 Å². The van der Waals surface area contributed by atoms with Gasteiger partial charge in [0.05, 0.1) is 25.8 Å². The van der Waals surface area contributed by atoms with Crippen molar-refractivity contribution in [1.29, 1.82) is 0 Å². The summed E-state index contributed by atoms with van der Waals surface area (Å²) in [5, 5.41) is 5.61. The van der Waals surface area contributed by atoms with E-state index in [1.165, 1.54) is 14.2 Å². The van der Waals surface area contributed by atoms with E-state index in [0.717, 1.165) is 30.2 Å². The average molecular weight is 373 g/mol. The summed E-state index contributed by atoms with van der Waals surface area (Å²) in [5.41, 5.74) is 1.18. The molecule has 1 heterocycles. The van der Waals surface area contributed by atoms with Crippen molar-refractivity contribution in [2.24, 2.45) is 5.92 Å². The van der Waals surface area contributed by atoms with E-state index < -0.39 is 5.97 Å². The fourth-order valence-electron chi connectivity index (χ4n) is 4.03. The van der Waals surface area contributed by atoms with Crippen molar-refractivity contribution in [2.75, 3.05) is 21.3 Å². The summed E-state index contributed by atoms with van der Waals surface area (Å²) >= 11 is 0. The summed E-state index contributed by atoms with van der Waals surface area (Å²) in [7, 11) is 4.76. The third kappa shape index (κ3) is 3.63. The van der Waals surface area contributed by atoms with Crippen LogP contribution in [0.25, 0.3) is 10.9 Å². The van der Waals surface area contributed by atoms with Gasteiger partial charge in [-0.05, 0) is 31.2 Å². The van der Waals surface area contributed by atoms with Gasteiger partial charge < -0.3 is 14.4 Å². The fraction of sp³-hybridized carbons (Fsp3) is 0.550. The van der Waals surface area contributed by atoms with Crippen LogP contribution >= 0.6 is 0 Å². The summed E-state index contributed by atoms with van der Waals surface area (Å²) in [6, 6.07) is 4.09. The van der Waals surface area contributed by atoms with Crippen molar-refractivity contribution >= 4 is 22.8 Å². The lowest BCUT2D eigenvalue weighted by Gasteiger charge is -2.38. The van der Waals surface area contributed by atoms with Crippen molar-refractivity contribution in [3.05, 3.63) is 23.9 Å². The molecular weight excluding hydrogens is 346 g/mol. The summed E-state index contributed by atoms with van der Waals surface area (Å²) in [5.74, 6) is 0.529. The third-order valence-electron chi connectivity index (χ3n) is 5.73. The largest absolute Gasteiger partial charge is 0.496 e. The maximum atomic E-state index is 12.0. The number of hydrogen-bond acceptors (Lipinski definition) is 5. The highest BCUT2D eigenvalue weighted by Crippen LogP contribution is 2.36.